The number of carbonyl (C=O) groups is 4. The molecular formula is C20H19N3O5S. The predicted octanol–water partition coefficient (Wildman–Crippen LogP) is 2.87. The lowest BCUT2D eigenvalue weighted by molar-refractivity contribution is -0.119. The largest absolute Gasteiger partial charge is 0.452 e. The minimum Gasteiger partial charge on any atom is -0.452 e. The van der Waals surface area contributed by atoms with E-state index < -0.39 is 18.5 Å². The van der Waals surface area contributed by atoms with Gasteiger partial charge >= 0.3 is 5.97 Å². The molecule has 0 bridgehead atoms. The van der Waals surface area contributed by atoms with Gasteiger partial charge in [0.25, 0.3) is 5.91 Å². The Balaban J connectivity index is 1.57. The highest BCUT2D eigenvalue weighted by molar-refractivity contribution is 7.99. The highest BCUT2D eigenvalue weighted by atomic mass is 32.2. The zero-order valence-electron chi connectivity index (χ0n) is 15.6. The number of thioether (sulfide) groups is 1. The number of hydrogen-bond acceptors (Lipinski definition) is 6. The first-order valence-electron chi connectivity index (χ1n) is 8.82. The van der Waals surface area contributed by atoms with E-state index in [0.717, 1.165) is 4.90 Å². The van der Waals surface area contributed by atoms with Crippen molar-refractivity contribution in [2.24, 2.45) is 0 Å². The molecule has 3 N–H and O–H groups in total. The van der Waals surface area contributed by atoms with E-state index in [4.69, 9.17) is 4.74 Å². The van der Waals surface area contributed by atoms with Gasteiger partial charge in [0.2, 0.25) is 11.8 Å². The number of anilines is 3. The number of rotatable bonds is 5. The fourth-order valence-electron chi connectivity index (χ4n) is 2.64. The van der Waals surface area contributed by atoms with Crippen LogP contribution in [0.25, 0.3) is 0 Å². The van der Waals surface area contributed by atoms with E-state index in [-0.39, 0.29) is 17.4 Å². The van der Waals surface area contributed by atoms with Crippen molar-refractivity contribution < 1.29 is 23.9 Å². The third-order valence-corrected chi connectivity index (χ3v) is 4.95. The summed E-state index contributed by atoms with van der Waals surface area (Å²) in [5, 5.41) is 7.97. The summed E-state index contributed by atoms with van der Waals surface area (Å²) in [6.45, 7) is 0.915. The summed E-state index contributed by atoms with van der Waals surface area (Å²) in [4.78, 5) is 48.0. The van der Waals surface area contributed by atoms with E-state index in [9.17, 15) is 19.2 Å². The van der Waals surface area contributed by atoms with Crippen molar-refractivity contribution in [2.45, 2.75) is 18.2 Å². The van der Waals surface area contributed by atoms with E-state index in [1.54, 1.807) is 42.5 Å². The molecule has 9 heteroatoms. The predicted molar refractivity (Wildman–Crippen MR) is 110 cm³/mol. The zero-order chi connectivity index (χ0) is 20.8. The Kier molecular flexibility index (Phi) is 6.50. The highest BCUT2D eigenvalue weighted by Gasteiger charge is 2.17. The van der Waals surface area contributed by atoms with Crippen LogP contribution in [0.3, 0.4) is 0 Å². The molecular weight excluding hydrogens is 394 g/mol. The van der Waals surface area contributed by atoms with Crippen molar-refractivity contribution in [1.82, 2.24) is 0 Å². The quantitative estimate of drug-likeness (QED) is 0.650. The first kappa shape index (κ1) is 20.4. The molecule has 0 saturated heterocycles. The molecule has 150 valence electrons. The Bertz CT molecular complexity index is 976. The van der Waals surface area contributed by atoms with Crippen LogP contribution < -0.4 is 16.0 Å². The maximum absolute atomic E-state index is 12.3. The van der Waals surface area contributed by atoms with Crippen LogP contribution in [-0.2, 0) is 19.1 Å². The van der Waals surface area contributed by atoms with Gasteiger partial charge in [0.1, 0.15) is 0 Å². The van der Waals surface area contributed by atoms with Crippen LogP contribution in [0, 0.1) is 0 Å². The maximum atomic E-state index is 12.3. The molecule has 2 aromatic carbocycles. The normalized spacial score (nSPS) is 12.8. The molecule has 29 heavy (non-hydrogen) atoms. The Hall–Kier alpha value is -3.33. The molecule has 1 heterocycles. The van der Waals surface area contributed by atoms with Gasteiger partial charge in [0, 0.05) is 35.4 Å². The molecule has 3 amide bonds. The highest BCUT2D eigenvalue weighted by Crippen LogP contribution is 2.31. The number of benzene rings is 2. The van der Waals surface area contributed by atoms with E-state index in [1.807, 2.05) is 0 Å². The van der Waals surface area contributed by atoms with Crippen molar-refractivity contribution in [1.29, 1.82) is 0 Å². The molecule has 1 aliphatic heterocycles. The molecule has 0 aliphatic carbocycles. The number of carbonyl (C=O) groups excluding carboxylic acids is 4. The smallest absolute Gasteiger partial charge is 0.338 e. The zero-order valence-corrected chi connectivity index (χ0v) is 16.4. The standard InChI is InChI=1S/C20H19N3O5S/c1-12(24)21-14-3-2-4-15(10-14)22-19(26)11-28-20(27)13-5-6-17-16(9-13)23-18(25)7-8-29-17/h2-6,9-10H,7-8,11H2,1H3,(H,21,24)(H,22,26)(H,23,25). The average molecular weight is 413 g/mol. The molecule has 0 aromatic heterocycles. The number of nitrogens with one attached hydrogen (secondary N) is 3. The van der Waals surface area contributed by atoms with Crippen molar-refractivity contribution in [3.05, 3.63) is 48.0 Å². The van der Waals surface area contributed by atoms with Gasteiger partial charge in [-0.05, 0) is 36.4 Å². The number of esters is 1. The van der Waals surface area contributed by atoms with E-state index in [2.05, 4.69) is 16.0 Å². The molecule has 0 fully saturated rings. The maximum Gasteiger partial charge on any atom is 0.338 e. The van der Waals surface area contributed by atoms with Gasteiger partial charge in [0.05, 0.1) is 11.3 Å². The molecule has 0 radical (unpaired) electrons. The third-order valence-electron chi connectivity index (χ3n) is 3.88. The van der Waals surface area contributed by atoms with Crippen molar-refractivity contribution in [2.75, 3.05) is 28.3 Å². The van der Waals surface area contributed by atoms with Crippen LogP contribution in [0.15, 0.2) is 47.4 Å². The summed E-state index contributed by atoms with van der Waals surface area (Å²) < 4.78 is 5.07. The Morgan fingerprint density at radius 1 is 1.10 bits per heavy atom. The fourth-order valence-corrected chi connectivity index (χ4v) is 3.57. The van der Waals surface area contributed by atoms with E-state index in [1.165, 1.54) is 18.7 Å². The second-order valence-electron chi connectivity index (χ2n) is 6.24. The first-order valence-corrected chi connectivity index (χ1v) is 9.80. The summed E-state index contributed by atoms with van der Waals surface area (Å²) in [5.41, 5.74) is 1.80. The number of amides is 3. The summed E-state index contributed by atoms with van der Waals surface area (Å²) >= 11 is 1.53. The second-order valence-corrected chi connectivity index (χ2v) is 7.38. The summed E-state index contributed by atoms with van der Waals surface area (Å²) in [6, 6.07) is 11.5. The summed E-state index contributed by atoms with van der Waals surface area (Å²) in [7, 11) is 0. The molecule has 0 atom stereocenters. The van der Waals surface area contributed by atoms with Gasteiger partial charge in [-0.25, -0.2) is 4.79 Å². The van der Waals surface area contributed by atoms with Gasteiger partial charge in [0.15, 0.2) is 6.61 Å². The van der Waals surface area contributed by atoms with Crippen molar-refractivity contribution in [3.8, 4) is 0 Å². The minimum atomic E-state index is -0.668. The third kappa shape index (κ3) is 5.82. The van der Waals surface area contributed by atoms with Crippen LogP contribution in [0.1, 0.15) is 23.7 Å². The molecule has 0 unspecified atom stereocenters. The topological polar surface area (TPSA) is 114 Å². The second kappa shape index (κ2) is 9.24. The molecule has 3 rings (SSSR count). The summed E-state index contributed by atoms with van der Waals surface area (Å²) in [6.07, 6.45) is 0.405. The Morgan fingerprint density at radius 3 is 2.62 bits per heavy atom. The number of fused-ring (bicyclic) bond motifs is 1. The van der Waals surface area contributed by atoms with Crippen molar-refractivity contribution in [3.63, 3.8) is 0 Å². The number of hydrogen-bond donors (Lipinski definition) is 3. The molecule has 0 saturated carbocycles. The SMILES string of the molecule is CC(=O)Nc1cccc(NC(=O)COC(=O)c2ccc3c(c2)NC(=O)CCS3)c1. The van der Waals surface area contributed by atoms with Gasteiger partial charge in [-0.3, -0.25) is 14.4 Å². The van der Waals surface area contributed by atoms with Crippen LogP contribution in [0.5, 0.6) is 0 Å². The lowest BCUT2D eigenvalue weighted by Crippen LogP contribution is -2.21. The van der Waals surface area contributed by atoms with E-state index in [0.29, 0.717) is 29.2 Å². The summed E-state index contributed by atoms with van der Waals surface area (Å²) in [5.74, 6) is -0.845. The molecule has 8 nitrogen and oxygen atoms in total. The van der Waals surface area contributed by atoms with Gasteiger partial charge in [-0.1, -0.05) is 6.07 Å². The number of ether oxygens (including phenoxy) is 1. The molecule has 2 aromatic rings. The fraction of sp³-hybridized carbons (Fsp3) is 0.200. The molecule has 1 aliphatic rings. The lowest BCUT2D eigenvalue weighted by Gasteiger charge is -2.10. The van der Waals surface area contributed by atoms with Gasteiger partial charge in [-0.2, -0.15) is 0 Å². The monoisotopic (exact) mass is 413 g/mol. The Morgan fingerprint density at radius 2 is 1.86 bits per heavy atom. The molecule has 0 spiro atoms. The van der Waals surface area contributed by atoms with Gasteiger partial charge in [-0.15, -0.1) is 11.8 Å². The van der Waals surface area contributed by atoms with Crippen LogP contribution in [0.4, 0.5) is 17.1 Å². The van der Waals surface area contributed by atoms with E-state index >= 15 is 0 Å². The first-order chi connectivity index (χ1) is 13.9. The minimum absolute atomic E-state index is 0.109. The van der Waals surface area contributed by atoms with Gasteiger partial charge < -0.3 is 20.7 Å². The van der Waals surface area contributed by atoms with Crippen LogP contribution >= 0.6 is 11.8 Å². The average Bonchev–Trinajstić information content (AvgIpc) is 2.85. The van der Waals surface area contributed by atoms with Crippen molar-refractivity contribution >= 4 is 52.5 Å². The van der Waals surface area contributed by atoms with Crippen LogP contribution in [0.2, 0.25) is 0 Å². The van der Waals surface area contributed by atoms with Crippen LogP contribution in [-0.4, -0.2) is 36.1 Å². The lowest BCUT2D eigenvalue weighted by atomic mass is 10.2. The Labute approximate surface area is 171 Å².